The molecule has 2 atom stereocenters. The number of aryl methyl sites for hydroxylation is 1. The number of benzene rings is 2. The molecule has 0 aliphatic heterocycles. The summed E-state index contributed by atoms with van der Waals surface area (Å²) in [5, 5.41) is 5.45. The fourth-order valence-corrected chi connectivity index (χ4v) is 3.76. The Labute approximate surface area is 198 Å². The summed E-state index contributed by atoms with van der Waals surface area (Å²) < 4.78 is 79.8. The van der Waals surface area contributed by atoms with E-state index in [0.717, 1.165) is 24.4 Å². The smallest absolute Gasteiger partial charge is 0.358 e. The second-order valence-corrected chi connectivity index (χ2v) is 8.00. The lowest BCUT2D eigenvalue weighted by atomic mass is 9.88. The van der Waals surface area contributed by atoms with Gasteiger partial charge in [-0.15, -0.1) is 0 Å². The number of rotatable bonds is 8. The highest BCUT2D eigenvalue weighted by Gasteiger charge is 2.32. The van der Waals surface area contributed by atoms with E-state index in [9.17, 15) is 31.1 Å². The summed E-state index contributed by atoms with van der Waals surface area (Å²) in [4.78, 5) is 15.9. The second kappa shape index (κ2) is 10.9. The minimum absolute atomic E-state index is 0.166. The van der Waals surface area contributed by atoms with Crippen molar-refractivity contribution in [1.82, 2.24) is 15.6 Å². The van der Waals surface area contributed by atoms with Crippen LogP contribution in [0.5, 0.6) is 0 Å². The maximum Gasteiger partial charge on any atom is 0.433 e. The molecule has 3 aromatic rings. The number of likely N-dealkylation sites (N-methyl/N-ethyl adjacent to an activating group) is 1. The number of carbonyl (C=O) groups excluding carboxylic acids is 1. The molecule has 0 aliphatic carbocycles. The van der Waals surface area contributed by atoms with Gasteiger partial charge >= 0.3 is 6.18 Å². The van der Waals surface area contributed by atoms with Crippen LogP contribution in [0.25, 0.3) is 0 Å². The molecule has 3 rings (SSSR count). The van der Waals surface area contributed by atoms with Crippen molar-refractivity contribution in [3.63, 3.8) is 0 Å². The molecule has 0 fully saturated rings. The largest absolute Gasteiger partial charge is 0.433 e. The van der Waals surface area contributed by atoms with Crippen molar-refractivity contribution in [3.8, 4) is 0 Å². The average Bonchev–Trinajstić information content (AvgIpc) is 2.82. The number of carbonyl (C=O) groups is 1. The summed E-state index contributed by atoms with van der Waals surface area (Å²) >= 11 is 0. The Morgan fingerprint density at radius 1 is 0.914 bits per heavy atom. The molecule has 35 heavy (non-hydrogen) atoms. The molecule has 0 saturated heterocycles. The van der Waals surface area contributed by atoms with Gasteiger partial charge in [-0.25, -0.2) is 13.2 Å². The number of halogens is 6. The van der Waals surface area contributed by atoms with Gasteiger partial charge in [0.05, 0.1) is 0 Å². The zero-order chi connectivity index (χ0) is 25.8. The van der Waals surface area contributed by atoms with Crippen LogP contribution < -0.4 is 10.6 Å². The summed E-state index contributed by atoms with van der Waals surface area (Å²) in [5.74, 6) is -3.54. The molecule has 0 aliphatic rings. The molecule has 10 heteroatoms. The van der Waals surface area contributed by atoms with Gasteiger partial charge in [-0.1, -0.05) is 24.3 Å². The lowest BCUT2D eigenvalue weighted by Crippen LogP contribution is -2.36. The fourth-order valence-electron chi connectivity index (χ4n) is 3.76. The van der Waals surface area contributed by atoms with E-state index in [1.807, 2.05) is 0 Å². The van der Waals surface area contributed by atoms with Crippen molar-refractivity contribution < 1.29 is 31.1 Å². The third-order valence-corrected chi connectivity index (χ3v) is 5.63. The molecule has 2 N–H and O–H groups in total. The van der Waals surface area contributed by atoms with E-state index in [2.05, 4.69) is 15.6 Å². The van der Waals surface area contributed by atoms with Crippen LogP contribution in [0.2, 0.25) is 0 Å². The molecule has 1 heterocycles. The van der Waals surface area contributed by atoms with E-state index < -0.39 is 47.2 Å². The van der Waals surface area contributed by atoms with Gasteiger partial charge in [0.1, 0.15) is 17.6 Å². The van der Waals surface area contributed by atoms with Crippen LogP contribution in [0.3, 0.4) is 0 Å². The Bertz CT molecular complexity index is 1180. The molecule has 0 unspecified atom stereocenters. The van der Waals surface area contributed by atoms with Crippen molar-refractivity contribution in [3.05, 3.63) is 100 Å². The summed E-state index contributed by atoms with van der Waals surface area (Å²) in [6, 6.07) is 8.72. The first-order chi connectivity index (χ1) is 16.5. The molecule has 186 valence electrons. The van der Waals surface area contributed by atoms with Crippen molar-refractivity contribution in [2.75, 3.05) is 13.6 Å². The van der Waals surface area contributed by atoms with Crippen LogP contribution in [0.1, 0.15) is 46.3 Å². The van der Waals surface area contributed by atoms with Gasteiger partial charge in [-0.3, -0.25) is 9.78 Å². The number of amides is 1. The summed E-state index contributed by atoms with van der Waals surface area (Å²) in [6.07, 6.45) is -3.18. The minimum atomic E-state index is -4.59. The minimum Gasteiger partial charge on any atom is -0.358 e. The molecular weight excluding hydrogens is 472 g/mol. The van der Waals surface area contributed by atoms with Gasteiger partial charge in [0, 0.05) is 19.2 Å². The molecule has 0 bridgehead atoms. The molecule has 2 aromatic carbocycles. The number of hydrogen-bond donors (Lipinski definition) is 2. The quantitative estimate of drug-likeness (QED) is 0.410. The highest BCUT2D eigenvalue weighted by atomic mass is 19.4. The normalized spacial score (nSPS) is 13.4. The molecule has 0 radical (unpaired) electrons. The third kappa shape index (κ3) is 6.39. The summed E-state index contributed by atoms with van der Waals surface area (Å²) in [7, 11) is 1.40. The van der Waals surface area contributed by atoms with Gasteiger partial charge in [0.2, 0.25) is 5.91 Å². The average molecular weight is 495 g/mol. The highest BCUT2D eigenvalue weighted by molar-refractivity contribution is 5.82. The zero-order valence-electron chi connectivity index (χ0n) is 18.9. The lowest BCUT2D eigenvalue weighted by Gasteiger charge is -2.22. The third-order valence-electron chi connectivity index (χ3n) is 5.63. The Morgan fingerprint density at radius 2 is 1.57 bits per heavy atom. The van der Waals surface area contributed by atoms with Gasteiger partial charge < -0.3 is 10.6 Å². The monoisotopic (exact) mass is 495 g/mol. The summed E-state index contributed by atoms with van der Waals surface area (Å²) in [5.41, 5.74) is 0.650. The van der Waals surface area contributed by atoms with E-state index in [1.165, 1.54) is 31.3 Å². The maximum atomic E-state index is 13.8. The molecule has 1 amide bonds. The standard InChI is InChI=1S/C25H23F6N3O/c1-14-11-15(3-6-19(14)26)18(17-5-8-22(34-13-17)25(29,30)31)9-10-33-23(24(35)32-2)16-4-7-20(27)21(28)12-16/h3-8,11-13,18,23,33H,9-10H2,1-2H3,(H,32,35)/t18-,23+/m1/s1. The molecule has 1 aromatic heterocycles. The number of hydrogen-bond acceptors (Lipinski definition) is 3. The van der Waals surface area contributed by atoms with Crippen LogP contribution >= 0.6 is 0 Å². The van der Waals surface area contributed by atoms with E-state index in [0.29, 0.717) is 16.7 Å². The predicted molar refractivity (Wildman–Crippen MR) is 118 cm³/mol. The van der Waals surface area contributed by atoms with Crippen molar-refractivity contribution in [1.29, 1.82) is 0 Å². The van der Waals surface area contributed by atoms with Crippen LogP contribution in [0.4, 0.5) is 26.3 Å². The molecule has 0 spiro atoms. The molecule has 4 nitrogen and oxygen atoms in total. The van der Waals surface area contributed by atoms with Crippen molar-refractivity contribution in [2.24, 2.45) is 0 Å². The van der Waals surface area contributed by atoms with E-state index in [-0.39, 0.29) is 18.5 Å². The second-order valence-electron chi connectivity index (χ2n) is 8.00. The van der Waals surface area contributed by atoms with E-state index in [1.54, 1.807) is 13.0 Å². The van der Waals surface area contributed by atoms with Crippen molar-refractivity contribution in [2.45, 2.75) is 31.5 Å². The van der Waals surface area contributed by atoms with Gasteiger partial charge in [-0.05, 0) is 66.4 Å². The van der Waals surface area contributed by atoms with Crippen LogP contribution in [0.15, 0.2) is 54.7 Å². The molecular formula is C25H23F6N3O. The Hall–Kier alpha value is -3.40. The Balaban J connectivity index is 1.87. The molecule has 0 saturated carbocycles. The number of nitrogens with one attached hydrogen (secondary N) is 2. The Kier molecular flexibility index (Phi) is 8.16. The lowest BCUT2D eigenvalue weighted by molar-refractivity contribution is -0.141. The zero-order valence-corrected chi connectivity index (χ0v) is 18.9. The fraction of sp³-hybridized carbons (Fsp3) is 0.280. The first-order valence-electron chi connectivity index (χ1n) is 10.7. The number of aromatic nitrogens is 1. The number of alkyl halides is 3. The summed E-state index contributed by atoms with van der Waals surface area (Å²) in [6.45, 7) is 1.74. The van der Waals surface area contributed by atoms with Crippen LogP contribution in [-0.2, 0) is 11.0 Å². The van der Waals surface area contributed by atoms with Gasteiger partial charge in [0.25, 0.3) is 0 Å². The SMILES string of the molecule is CNC(=O)[C@@H](NCC[C@@H](c1ccc(C(F)(F)F)nc1)c1ccc(F)c(C)c1)c1ccc(F)c(F)c1. The highest BCUT2D eigenvalue weighted by Crippen LogP contribution is 2.32. The van der Waals surface area contributed by atoms with E-state index in [4.69, 9.17) is 0 Å². The number of pyridine rings is 1. The topological polar surface area (TPSA) is 54.0 Å². The van der Waals surface area contributed by atoms with Crippen molar-refractivity contribution >= 4 is 5.91 Å². The predicted octanol–water partition coefficient (Wildman–Crippen LogP) is 5.43. The van der Waals surface area contributed by atoms with Crippen LogP contribution in [0, 0.1) is 24.4 Å². The van der Waals surface area contributed by atoms with Crippen LogP contribution in [-0.4, -0.2) is 24.5 Å². The van der Waals surface area contributed by atoms with Gasteiger partial charge in [0.15, 0.2) is 11.6 Å². The van der Waals surface area contributed by atoms with E-state index >= 15 is 0 Å². The maximum absolute atomic E-state index is 13.8. The van der Waals surface area contributed by atoms with Gasteiger partial charge in [-0.2, -0.15) is 13.2 Å². The number of nitrogens with zero attached hydrogens (tertiary/aromatic N) is 1. The Morgan fingerprint density at radius 3 is 2.14 bits per heavy atom. The first kappa shape index (κ1) is 26.2. The first-order valence-corrected chi connectivity index (χ1v) is 10.7.